The lowest BCUT2D eigenvalue weighted by Gasteiger charge is -2.14. The maximum absolute atomic E-state index is 11.4. The summed E-state index contributed by atoms with van der Waals surface area (Å²) in [7, 11) is -2.96. The van der Waals surface area contributed by atoms with Gasteiger partial charge in [0.05, 0.1) is 17.1 Å². The lowest BCUT2D eigenvalue weighted by atomic mass is 10.1. The minimum Gasteiger partial charge on any atom is -0.489 e. The average molecular weight is 254 g/mol. The van der Waals surface area contributed by atoms with E-state index in [1.165, 1.54) is 6.92 Å². The van der Waals surface area contributed by atoms with E-state index in [-0.39, 0.29) is 23.4 Å². The summed E-state index contributed by atoms with van der Waals surface area (Å²) in [6.45, 7) is 1.47. The third-order valence-corrected chi connectivity index (χ3v) is 4.49. The van der Waals surface area contributed by atoms with Crippen LogP contribution in [0.25, 0.3) is 0 Å². The van der Waals surface area contributed by atoms with Crippen LogP contribution in [0.4, 0.5) is 0 Å². The first kappa shape index (κ1) is 12.1. The van der Waals surface area contributed by atoms with Gasteiger partial charge in [0.25, 0.3) is 0 Å². The normalized spacial score (nSPS) is 22.3. The summed E-state index contributed by atoms with van der Waals surface area (Å²) >= 11 is 0. The van der Waals surface area contributed by atoms with E-state index in [4.69, 9.17) is 4.74 Å². The van der Waals surface area contributed by atoms with E-state index in [0.717, 1.165) is 0 Å². The maximum atomic E-state index is 11.4. The highest BCUT2D eigenvalue weighted by molar-refractivity contribution is 7.91. The van der Waals surface area contributed by atoms with Crippen LogP contribution in [0.3, 0.4) is 0 Å². The number of ether oxygens (including phenoxy) is 1. The number of hydrogen-bond donors (Lipinski definition) is 0. The average Bonchev–Trinajstić information content (AvgIpc) is 2.58. The first-order valence-corrected chi connectivity index (χ1v) is 7.27. The molecule has 0 saturated carbocycles. The smallest absolute Gasteiger partial charge is 0.163 e. The van der Waals surface area contributed by atoms with Gasteiger partial charge in [-0.15, -0.1) is 0 Å². The van der Waals surface area contributed by atoms with Crippen LogP contribution < -0.4 is 4.74 Å². The minimum absolute atomic E-state index is 0.0409. The molecule has 1 unspecified atom stereocenters. The highest BCUT2D eigenvalue weighted by Gasteiger charge is 2.29. The molecule has 1 fully saturated rings. The van der Waals surface area contributed by atoms with Crippen LogP contribution in [0, 0.1) is 0 Å². The Hall–Kier alpha value is -1.36. The van der Waals surface area contributed by atoms with Crippen molar-refractivity contribution in [1.29, 1.82) is 0 Å². The molecule has 17 heavy (non-hydrogen) atoms. The second-order valence-electron chi connectivity index (χ2n) is 4.20. The number of benzene rings is 1. The molecule has 1 aromatic rings. The van der Waals surface area contributed by atoms with Crippen molar-refractivity contribution in [1.82, 2.24) is 0 Å². The van der Waals surface area contributed by atoms with Gasteiger partial charge >= 0.3 is 0 Å². The summed E-state index contributed by atoms with van der Waals surface area (Å²) < 4.78 is 28.2. The third-order valence-electron chi connectivity index (χ3n) is 2.75. The van der Waals surface area contributed by atoms with Crippen LogP contribution in [0.15, 0.2) is 24.3 Å². The predicted molar refractivity (Wildman–Crippen MR) is 64.1 cm³/mol. The fourth-order valence-corrected chi connectivity index (χ4v) is 3.48. The molecule has 2 rings (SSSR count). The topological polar surface area (TPSA) is 60.4 Å². The standard InChI is InChI=1S/C12H14O4S/c1-9(13)11-4-2-3-5-12(11)16-10-6-7-17(14,15)8-10/h2-5,10H,6-8H2,1H3. The maximum Gasteiger partial charge on any atom is 0.163 e. The van der Waals surface area contributed by atoms with Gasteiger partial charge in [0.15, 0.2) is 15.6 Å². The Labute approximate surface area is 101 Å². The zero-order valence-corrected chi connectivity index (χ0v) is 10.4. The molecule has 0 bridgehead atoms. The number of carbonyl (C=O) groups excluding carboxylic acids is 1. The van der Waals surface area contributed by atoms with Crippen LogP contribution >= 0.6 is 0 Å². The van der Waals surface area contributed by atoms with Crippen LogP contribution in [0.2, 0.25) is 0 Å². The zero-order valence-electron chi connectivity index (χ0n) is 9.55. The Morgan fingerprint density at radius 1 is 1.35 bits per heavy atom. The third kappa shape index (κ3) is 2.85. The van der Waals surface area contributed by atoms with Gasteiger partial charge in [-0.05, 0) is 25.5 Å². The Bertz CT molecular complexity index is 533. The number of hydrogen-bond acceptors (Lipinski definition) is 4. The van der Waals surface area contributed by atoms with Crippen LogP contribution in [-0.2, 0) is 9.84 Å². The van der Waals surface area contributed by atoms with E-state index in [1.807, 2.05) is 0 Å². The van der Waals surface area contributed by atoms with Gasteiger partial charge in [0, 0.05) is 0 Å². The molecule has 0 aliphatic carbocycles. The monoisotopic (exact) mass is 254 g/mol. The quantitative estimate of drug-likeness (QED) is 0.766. The molecular weight excluding hydrogens is 240 g/mol. The summed E-state index contributed by atoms with van der Waals surface area (Å²) in [6.07, 6.45) is 0.162. The summed E-state index contributed by atoms with van der Waals surface area (Å²) in [5.41, 5.74) is 0.497. The summed E-state index contributed by atoms with van der Waals surface area (Å²) in [5.74, 6) is 0.600. The molecular formula is C12H14O4S. The summed E-state index contributed by atoms with van der Waals surface area (Å²) in [4.78, 5) is 11.4. The molecule has 4 nitrogen and oxygen atoms in total. The number of sulfone groups is 1. The van der Waals surface area contributed by atoms with Crippen molar-refractivity contribution in [2.24, 2.45) is 0 Å². The van der Waals surface area contributed by atoms with Crippen molar-refractivity contribution < 1.29 is 17.9 Å². The van der Waals surface area contributed by atoms with Crippen molar-refractivity contribution >= 4 is 15.6 Å². The second kappa shape index (κ2) is 4.49. The van der Waals surface area contributed by atoms with Gasteiger partial charge in [0.2, 0.25) is 0 Å². The van der Waals surface area contributed by atoms with E-state index < -0.39 is 9.84 Å². The van der Waals surface area contributed by atoms with Crippen LogP contribution in [0.5, 0.6) is 5.75 Å². The number of ketones is 1. The van der Waals surface area contributed by atoms with Gasteiger partial charge in [-0.1, -0.05) is 12.1 Å². The molecule has 1 aromatic carbocycles. The fourth-order valence-electron chi connectivity index (χ4n) is 1.89. The largest absolute Gasteiger partial charge is 0.489 e. The van der Waals surface area contributed by atoms with Crippen molar-refractivity contribution in [3.8, 4) is 5.75 Å². The predicted octanol–water partition coefficient (Wildman–Crippen LogP) is 1.46. The van der Waals surface area contributed by atoms with Gasteiger partial charge < -0.3 is 4.74 Å². The van der Waals surface area contributed by atoms with E-state index in [2.05, 4.69) is 0 Å². The van der Waals surface area contributed by atoms with Crippen LogP contribution in [0.1, 0.15) is 23.7 Å². The minimum atomic E-state index is -2.96. The van der Waals surface area contributed by atoms with E-state index in [0.29, 0.717) is 17.7 Å². The molecule has 1 atom stereocenters. The number of rotatable bonds is 3. The van der Waals surface area contributed by atoms with Crippen molar-refractivity contribution in [2.75, 3.05) is 11.5 Å². The van der Waals surface area contributed by atoms with Gasteiger partial charge in [-0.2, -0.15) is 0 Å². The lowest BCUT2D eigenvalue weighted by Crippen LogP contribution is -2.18. The molecule has 0 amide bonds. The molecule has 0 radical (unpaired) electrons. The summed E-state index contributed by atoms with van der Waals surface area (Å²) in [5, 5.41) is 0. The van der Waals surface area contributed by atoms with E-state index >= 15 is 0 Å². The summed E-state index contributed by atoms with van der Waals surface area (Å²) in [6, 6.07) is 6.91. The van der Waals surface area contributed by atoms with E-state index in [9.17, 15) is 13.2 Å². The Morgan fingerprint density at radius 2 is 2.06 bits per heavy atom. The lowest BCUT2D eigenvalue weighted by molar-refractivity contribution is 0.101. The molecule has 0 aromatic heterocycles. The van der Waals surface area contributed by atoms with Crippen molar-refractivity contribution in [3.63, 3.8) is 0 Å². The van der Waals surface area contributed by atoms with Crippen LogP contribution in [-0.4, -0.2) is 31.8 Å². The molecule has 0 N–H and O–H groups in total. The van der Waals surface area contributed by atoms with Gasteiger partial charge in [-0.3, -0.25) is 4.79 Å². The SMILES string of the molecule is CC(=O)c1ccccc1OC1CCS(=O)(=O)C1. The Morgan fingerprint density at radius 3 is 2.65 bits per heavy atom. The molecule has 1 heterocycles. The number of para-hydroxylation sites is 1. The van der Waals surface area contributed by atoms with Crippen molar-refractivity contribution in [3.05, 3.63) is 29.8 Å². The molecule has 92 valence electrons. The molecule has 1 saturated heterocycles. The zero-order chi connectivity index (χ0) is 12.5. The highest BCUT2D eigenvalue weighted by atomic mass is 32.2. The van der Waals surface area contributed by atoms with Crippen molar-refractivity contribution in [2.45, 2.75) is 19.4 Å². The molecule has 5 heteroatoms. The molecule has 0 spiro atoms. The number of carbonyl (C=O) groups is 1. The highest BCUT2D eigenvalue weighted by Crippen LogP contribution is 2.23. The van der Waals surface area contributed by atoms with E-state index in [1.54, 1.807) is 24.3 Å². The fraction of sp³-hybridized carbons (Fsp3) is 0.417. The Kier molecular flexibility index (Phi) is 3.19. The second-order valence-corrected chi connectivity index (χ2v) is 6.42. The Balaban J connectivity index is 2.17. The van der Waals surface area contributed by atoms with Gasteiger partial charge in [-0.25, -0.2) is 8.42 Å². The first-order valence-electron chi connectivity index (χ1n) is 5.45. The van der Waals surface area contributed by atoms with Gasteiger partial charge in [0.1, 0.15) is 11.9 Å². The number of Topliss-reactive ketones (excluding diaryl/α,β-unsaturated/α-hetero) is 1. The first-order chi connectivity index (χ1) is 7.98. The molecule has 1 aliphatic rings. The molecule has 1 aliphatic heterocycles.